The number of nitrogens with zero attached hydrogens (tertiary/aromatic N) is 2. The molecule has 164 valence electrons. The van der Waals surface area contributed by atoms with E-state index in [1.54, 1.807) is 18.3 Å². The van der Waals surface area contributed by atoms with E-state index in [9.17, 15) is 13.2 Å². The van der Waals surface area contributed by atoms with Gasteiger partial charge in [-0.2, -0.15) is 13.2 Å². The van der Waals surface area contributed by atoms with Gasteiger partial charge in [-0.25, -0.2) is 9.98 Å². The lowest BCUT2D eigenvalue weighted by atomic mass is 10.1. The van der Waals surface area contributed by atoms with Crippen LogP contribution in [-0.2, 0) is 24.4 Å². The Morgan fingerprint density at radius 1 is 1.07 bits per heavy atom. The fourth-order valence-corrected chi connectivity index (χ4v) is 2.54. The van der Waals surface area contributed by atoms with E-state index >= 15 is 0 Å². The molecule has 0 aliphatic heterocycles. The molecule has 0 amide bonds. The number of halogens is 3. The van der Waals surface area contributed by atoms with Crippen molar-refractivity contribution in [3.05, 3.63) is 59.3 Å². The van der Waals surface area contributed by atoms with E-state index in [0.717, 1.165) is 11.1 Å². The molecule has 0 saturated heterocycles. The van der Waals surface area contributed by atoms with Crippen LogP contribution in [0.15, 0.2) is 47.6 Å². The topological polar surface area (TPSA) is 67.8 Å². The Kier molecular flexibility index (Phi) is 9.40. The first-order valence-electron chi connectivity index (χ1n) is 9.72. The van der Waals surface area contributed by atoms with Gasteiger partial charge in [0, 0.05) is 24.8 Å². The summed E-state index contributed by atoms with van der Waals surface area (Å²) in [6.07, 6.45) is -2.63. The Morgan fingerprint density at radius 3 is 2.47 bits per heavy atom. The third-order valence-corrected chi connectivity index (χ3v) is 3.90. The average Bonchev–Trinajstić information content (AvgIpc) is 2.71. The quantitative estimate of drug-likeness (QED) is 0.448. The van der Waals surface area contributed by atoms with Gasteiger partial charge in [-0.15, -0.1) is 0 Å². The van der Waals surface area contributed by atoms with Crippen molar-refractivity contribution in [1.82, 2.24) is 15.6 Å². The third-order valence-electron chi connectivity index (χ3n) is 3.90. The molecule has 0 bridgehead atoms. The van der Waals surface area contributed by atoms with Crippen LogP contribution in [0.5, 0.6) is 5.88 Å². The highest BCUT2D eigenvalue weighted by Gasteiger charge is 2.27. The van der Waals surface area contributed by atoms with Crippen LogP contribution < -0.4 is 15.4 Å². The molecule has 0 aliphatic carbocycles. The van der Waals surface area contributed by atoms with Crippen molar-refractivity contribution >= 4 is 5.96 Å². The summed E-state index contributed by atoms with van der Waals surface area (Å²) in [7, 11) is 0. The van der Waals surface area contributed by atoms with Crippen LogP contribution in [0, 0.1) is 0 Å². The molecule has 1 aromatic heterocycles. The Bertz CT molecular complexity index is 796. The maximum atomic E-state index is 12.1. The number of benzene rings is 1. The number of guanidine groups is 1. The van der Waals surface area contributed by atoms with Gasteiger partial charge in [-0.3, -0.25) is 0 Å². The minimum absolute atomic E-state index is 0.0828. The first-order chi connectivity index (χ1) is 14.4. The van der Waals surface area contributed by atoms with E-state index in [-0.39, 0.29) is 6.61 Å². The number of alkyl halides is 3. The highest BCUT2D eigenvalue weighted by Crippen LogP contribution is 2.16. The number of aromatic nitrogens is 1. The Labute approximate surface area is 174 Å². The predicted octanol–water partition coefficient (Wildman–Crippen LogP) is 3.81. The Morgan fingerprint density at radius 2 is 1.80 bits per heavy atom. The van der Waals surface area contributed by atoms with Gasteiger partial charge in [0.05, 0.1) is 19.8 Å². The van der Waals surface area contributed by atoms with E-state index in [4.69, 9.17) is 4.74 Å². The molecule has 0 saturated carbocycles. The van der Waals surface area contributed by atoms with Crippen LogP contribution in [0.2, 0.25) is 0 Å². The number of nitrogens with one attached hydrogen (secondary N) is 2. The maximum Gasteiger partial charge on any atom is 0.411 e. The Hall–Kier alpha value is -2.81. The molecule has 2 aromatic rings. The lowest BCUT2D eigenvalue weighted by Gasteiger charge is -2.13. The molecule has 1 aromatic carbocycles. The molecular weight excluding hydrogens is 397 g/mol. The van der Waals surface area contributed by atoms with Crippen molar-refractivity contribution in [2.24, 2.45) is 4.99 Å². The standard InChI is InChI=1S/C21H27F3N4O2/c1-3-25-20(28-13-18-6-5-11-26-19(18)30-4-2)27-12-16-7-9-17(10-8-16)14-29-15-21(22,23)24/h5-11H,3-4,12-15H2,1-2H3,(H2,25,27,28). The van der Waals surface area contributed by atoms with Crippen molar-refractivity contribution in [2.45, 2.75) is 39.7 Å². The van der Waals surface area contributed by atoms with Crippen molar-refractivity contribution in [3.63, 3.8) is 0 Å². The first-order valence-corrected chi connectivity index (χ1v) is 9.72. The summed E-state index contributed by atoms with van der Waals surface area (Å²) in [5.74, 6) is 1.23. The molecule has 9 heteroatoms. The van der Waals surface area contributed by atoms with E-state index in [0.29, 0.717) is 43.6 Å². The second-order valence-electron chi connectivity index (χ2n) is 6.37. The first kappa shape index (κ1) is 23.5. The summed E-state index contributed by atoms with van der Waals surface area (Å²) >= 11 is 0. The van der Waals surface area contributed by atoms with Gasteiger partial charge in [0.15, 0.2) is 5.96 Å². The minimum atomic E-state index is -4.32. The van der Waals surface area contributed by atoms with E-state index < -0.39 is 12.8 Å². The van der Waals surface area contributed by atoms with E-state index in [1.165, 1.54) is 0 Å². The van der Waals surface area contributed by atoms with Crippen molar-refractivity contribution in [3.8, 4) is 5.88 Å². The molecule has 0 aliphatic rings. The molecule has 2 rings (SSSR count). The highest BCUT2D eigenvalue weighted by molar-refractivity contribution is 5.79. The van der Waals surface area contributed by atoms with Crippen LogP contribution in [0.1, 0.15) is 30.5 Å². The van der Waals surface area contributed by atoms with E-state index in [1.807, 2.05) is 38.1 Å². The normalized spacial score (nSPS) is 12.0. The molecule has 0 spiro atoms. The highest BCUT2D eigenvalue weighted by atomic mass is 19.4. The molecule has 2 N–H and O–H groups in total. The number of hydrogen-bond donors (Lipinski definition) is 2. The summed E-state index contributed by atoms with van der Waals surface area (Å²) in [4.78, 5) is 8.79. The SMILES string of the molecule is CCNC(=NCc1ccc(COCC(F)(F)F)cc1)NCc1cccnc1OCC. The number of aliphatic imine (C=N–C) groups is 1. The molecule has 0 unspecified atom stereocenters. The largest absolute Gasteiger partial charge is 0.478 e. The van der Waals surface area contributed by atoms with Crippen LogP contribution in [0.3, 0.4) is 0 Å². The van der Waals surface area contributed by atoms with Gasteiger partial charge in [-0.1, -0.05) is 30.3 Å². The summed E-state index contributed by atoms with van der Waals surface area (Å²) in [5.41, 5.74) is 2.54. The van der Waals surface area contributed by atoms with Gasteiger partial charge in [0.25, 0.3) is 0 Å². The zero-order chi connectivity index (χ0) is 21.8. The molecule has 6 nitrogen and oxygen atoms in total. The van der Waals surface area contributed by atoms with Gasteiger partial charge >= 0.3 is 6.18 Å². The average molecular weight is 424 g/mol. The zero-order valence-electron chi connectivity index (χ0n) is 17.1. The lowest BCUT2D eigenvalue weighted by Crippen LogP contribution is -2.36. The molecule has 0 fully saturated rings. The summed E-state index contributed by atoms with van der Waals surface area (Å²) in [6, 6.07) is 10.9. The zero-order valence-corrected chi connectivity index (χ0v) is 17.1. The molecular formula is C21H27F3N4O2. The van der Waals surface area contributed by atoms with E-state index in [2.05, 4.69) is 25.3 Å². The van der Waals surface area contributed by atoms with Gasteiger partial charge in [0.2, 0.25) is 5.88 Å². The second kappa shape index (κ2) is 12.0. The van der Waals surface area contributed by atoms with Crippen LogP contribution in [-0.4, -0.2) is 36.9 Å². The third kappa shape index (κ3) is 8.69. The molecule has 30 heavy (non-hydrogen) atoms. The monoisotopic (exact) mass is 424 g/mol. The predicted molar refractivity (Wildman–Crippen MR) is 109 cm³/mol. The fraction of sp³-hybridized carbons (Fsp3) is 0.429. The number of pyridine rings is 1. The van der Waals surface area contributed by atoms with Gasteiger partial charge in [-0.05, 0) is 31.0 Å². The number of rotatable bonds is 10. The molecule has 0 atom stereocenters. The fourth-order valence-electron chi connectivity index (χ4n) is 2.54. The van der Waals surface area contributed by atoms with Gasteiger partial charge in [0.1, 0.15) is 6.61 Å². The summed E-state index contributed by atoms with van der Waals surface area (Å²) in [5, 5.41) is 6.43. The van der Waals surface area contributed by atoms with Crippen molar-refractivity contribution in [1.29, 1.82) is 0 Å². The minimum Gasteiger partial charge on any atom is -0.478 e. The Balaban J connectivity index is 1.91. The second-order valence-corrected chi connectivity index (χ2v) is 6.37. The maximum absolute atomic E-state index is 12.1. The van der Waals surface area contributed by atoms with Crippen molar-refractivity contribution < 1.29 is 22.6 Å². The smallest absolute Gasteiger partial charge is 0.411 e. The lowest BCUT2D eigenvalue weighted by molar-refractivity contribution is -0.176. The number of hydrogen-bond acceptors (Lipinski definition) is 4. The summed E-state index contributed by atoms with van der Waals surface area (Å²) < 4.78 is 46.6. The number of ether oxygens (including phenoxy) is 2. The van der Waals surface area contributed by atoms with Crippen molar-refractivity contribution in [2.75, 3.05) is 19.8 Å². The van der Waals surface area contributed by atoms with Crippen LogP contribution in [0.25, 0.3) is 0 Å². The van der Waals surface area contributed by atoms with Gasteiger partial charge < -0.3 is 20.1 Å². The molecule has 0 radical (unpaired) electrons. The molecule has 1 heterocycles. The van der Waals surface area contributed by atoms with Crippen LogP contribution >= 0.6 is 0 Å². The summed E-state index contributed by atoms with van der Waals surface area (Å²) in [6.45, 7) is 4.71. The van der Waals surface area contributed by atoms with Crippen LogP contribution in [0.4, 0.5) is 13.2 Å².